The number of carbonyl (C=O) groups excluding carboxylic acids is 1. The quantitative estimate of drug-likeness (QED) is 0.792. The minimum Gasteiger partial charge on any atom is -0.480 e. The minimum atomic E-state index is -3.26. The molecule has 0 fully saturated rings. The van der Waals surface area contributed by atoms with E-state index in [0.717, 1.165) is 12.1 Å². The molecule has 21 heavy (non-hydrogen) atoms. The highest BCUT2D eigenvalue weighted by Gasteiger charge is 2.23. The average Bonchev–Trinajstić information content (AvgIpc) is 2.37. The number of hydrogen-bond donors (Lipinski definition) is 2. The molecule has 0 spiro atoms. The molecule has 0 aliphatic rings. The fourth-order valence-electron chi connectivity index (χ4n) is 1.45. The van der Waals surface area contributed by atoms with E-state index in [9.17, 15) is 22.8 Å². The van der Waals surface area contributed by atoms with Crippen molar-refractivity contribution in [3.63, 3.8) is 0 Å². The van der Waals surface area contributed by atoms with Crippen molar-refractivity contribution in [1.82, 2.24) is 5.32 Å². The predicted octanol–water partition coefficient (Wildman–Crippen LogP) is 1.26. The van der Waals surface area contributed by atoms with E-state index in [0.29, 0.717) is 6.07 Å². The lowest BCUT2D eigenvalue weighted by molar-refractivity contribution is -0.140. The number of nitrogens with one attached hydrogen (secondary N) is 1. The van der Waals surface area contributed by atoms with Crippen molar-refractivity contribution in [1.29, 1.82) is 0 Å². The maximum Gasteiger partial charge on any atom is 0.387 e. The highest BCUT2D eigenvalue weighted by atomic mass is 19.3. The molecule has 0 radical (unpaired) electrons. The number of carboxylic acid groups (broad SMARTS) is 1. The monoisotopic (exact) mass is 307 g/mol. The molecule has 0 saturated carbocycles. The van der Waals surface area contributed by atoms with Crippen LogP contribution in [-0.2, 0) is 9.53 Å². The SMILES string of the molecule is COCC(NC(=O)c1ccc(F)cc1OC(F)F)C(=O)O. The van der Waals surface area contributed by atoms with Gasteiger partial charge in [0.05, 0.1) is 12.2 Å². The lowest BCUT2D eigenvalue weighted by Crippen LogP contribution is -2.43. The fourth-order valence-corrected chi connectivity index (χ4v) is 1.45. The Labute approximate surface area is 117 Å². The van der Waals surface area contributed by atoms with Gasteiger partial charge >= 0.3 is 12.6 Å². The number of methoxy groups -OCH3 is 1. The molecule has 0 heterocycles. The summed E-state index contributed by atoms with van der Waals surface area (Å²) in [6.07, 6.45) is 0. The number of carboxylic acids is 1. The van der Waals surface area contributed by atoms with E-state index in [1.165, 1.54) is 7.11 Å². The molecule has 6 nitrogen and oxygen atoms in total. The average molecular weight is 307 g/mol. The minimum absolute atomic E-state index is 0.326. The number of halogens is 3. The summed E-state index contributed by atoms with van der Waals surface area (Å²) in [5.74, 6) is -3.95. The molecule has 0 aliphatic heterocycles. The number of rotatable bonds is 7. The van der Waals surface area contributed by atoms with Gasteiger partial charge in [-0.2, -0.15) is 8.78 Å². The first-order chi connectivity index (χ1) is 9.85. The second kappa shape index (κ2) is 7.48. The van der Waals surface area contributed by atoms with E-state index in [-0.39, 0.29) is 6.61 Å². The van der Waals surface area contributed by atoms with Gasteiger partial charge in [-0.15, -0.1) is 0 Å². The lowest BCUT2D eigenvalue weighted by atomic mass is 10.1. The number of benzene rings is 1. The Balaban J connectivity index is 2.97. The van der Waals surface area contributed by atoms with Crippen LogP contribution in [-0.4, -0.2) is 43.4 Å². The first-order valence-electron chi connectivity index (χ1n) is 5.62. The lowest BCUT2D eigenvalue weighted by Gasteiger charge is -2.15. The number of alkyl halides is 2. The zero-order valence-corrected chi connectivity index (χ0v) is 10.8. The maximum atomic E-state index is 13.0. The number of aliphatic carboxylic acids is 1. The van der Waals surface area contributed by atoms with Gasteiger partial charge in [0.15, 0.2) is 6.04 Å². The topological polar surface area (TPSA) is 84.9 Å². The molecule has 0 saturated heterocycles. The molecule has 2 N–H and O–H groups in total. The summed E-state index contributed by atoms with van der Waals surface area (Å²) in [4.78, 5) is 22.7. The van der Waals surface area contributed by atoms with Crippen LogP contribution in [0.5, 0.6) is 5.75 Å². The van der Waals surface area contributed by atoms with Crippen LogP contribution in [0, 0.1) is 5.82 Å². The van der Waals surface area contributed by atoms with Crippen LogP contribution in [0.3, 0.4) is 0 Å². The smallest absolute Gasteiger partial charge is 0.387 e. The molecule has 1 atom stereocenters. The van der Waals surface area contributed by atoms with Gasteiger partial charge < -0.3 is 19.9 Å². The zero-order valence-electron chi connectivity index (χ0n) is 10.8. The van der Waals surface area contributed by atoms with Crippen LogP contribution in [0.15, 0.2) is 18.2 Å². The van der Waals surface area contributed by atoms with Crippen molar-refractivity contribution >= 4 is 11.9 Å². The summed E-state index contributed by atoms with van der Waals surface area (Å²) < 4.78 is 46.1. The Kier molecular flexibility index (Phi) is 5.97. The maximum absolute atomic E-state index is 13.0. The largest absolute Gasteiger partial charge is 0.480 e. The van der Waals surface area contributed by atoms with Crippen molar-refractivity contribution in [3.05, 3.63) is 29.6 Å². The van der Waals surface area contributed by atoms with E-state index in [1.807, 2.05) is 0 Å². The van der Waals surface area contributed by atoms with Crippen LogP contribution >= 0.6 is 0 Å². The summed E-state index contributed by atoms with van der Waals surface area (Å²) in [5, 5.41) is 10.9. The first-order valence-corrected chi connectivity index (χ1v) is 5.62. The third kappa shape index (κ3) is 4.95. The molecule has 0 aromatic heterocycles. The molecule has 9 heteroatoms. The summed E-state index contributed by atoms with van der Waals surface area (Å²) in [6.45, 7) is -3.58. The summed E-state index contributed by atoms with van der Waals surface area (Å²) >= 11 is 0. The van der Waals surface area contributed by atoms with Crippen LogP contribution in [0.25, 0.3) is 0 Å². The van der Waals surface area contributed by atoms with Crippen molar-refractivity contribution in [2.75, 3.05) is 13.7 Å². The summed E-state index contributed by atoms with van der Waals surface area (Å²) in [5.41, 5.74) is -0.418. The van der Waals surface area contributed by atoms with Crippen molar-refractivity contribution in [2.45, 2.75) is 12.7 Å². The molecule has 1 amide bonds. The zero-order chi connectivity index (χ0) is 16.0. The number of amides is 1. The van der Waals surface area contributed by atoms with Gasteiger partial charge in [0, 0.05) is 13.2 Å². The van der Waals surface area contributed by atoms with Gasteiger partial charge in [-0.05, 0) is 12.1 Å². The van der Waals surface area contributed by atoms with Gasteiger partial charge in [-0.3, -0.25) is 4.79 Å². The van der Waals surface area contributed by atoms with Gasteiger partial charge in [0.2, 0.25) is 0 Å². The molecule has 1 aromatic rings. The Bertz CT molecular complexity index is 524. The van der Waals surface area contributed by atoms with Gasteiger partial charge in [-0.25, -0.2) is 9.18 Å². The van der Waals surface area contributed by atoms with Crippen molar-refractivity contribution in [3.8, 4) is 5.75 Å². The molecular weight excluding hydrogens is 295 g/mol. The molecule has 1 unspecified atom stereocenters. The van der Waals surface area contributed by atoms with E-state index >= 15 is 0 Å². The second-order valence-corrected chi connectivity index (χ2v) is 3.84. The van der Waals surface area contributed by atoms with Crippen molar-refractivity contribution < 1.29 is 37.3 Å². The molecular formula is C12H12F3NO5. The Morgan fingerprint density at radius 3 is 2.57 bits per heavy atom. The van der Waals surface area contributed by atoms with E-state index in [1.54, 1.807) is 0 Å². The number of carbonyl (C=O) groups is 2. The number of ether oxygens (including phenoxy) is 2. The van der Waals surface area contributed by atoms with Crippen LogP contribution in [0.1, 0.15) is 10.4 Å². The van der Waals surface area contributed by atoms with Crippen LogP contribution in [0.4, 0.5) is 13.2 Å². The highest BCUT2D eigenvalue weighted by molar-refractivity contribution is 5.98. The predicted molar refractivity (Wildman–Crippen MR) is 63.8 cm³/mol. The Morgan fingerprint density at radius 1 is 1.38 bits per heavy atom. The van der Waals surface area contributed by atoms with Crippen LogP contribution in [0.2, 0.25) is 0 Å². The third-order valence-corrected chi connectivity index (χ3v) is 2.34. The highest BCUT2D eigenvalue weighted by Crippen LogP contribution is 2.22. The molecule has 1 aromatic carbocycles. The Morgan fingerprint density at radius 2 is 2.05 bits per heavy atom. The first kappa shape index (κ1) is 16.8. The molecule has 116 valence electrons. The normalized spacial score (nSPS) is 12.0. The second-order valence-electron chi connectivity index (χ2n) is 3.84. The molecule has 0 aliphatic carbocycles. The number of hydrogen-bond acceptors (Lipinski definition) is 4. The Hall–Kier alpha value is -2.29. The van der Waals surface area contributed by atoms with E-state index in [2.05, 4.69) is 14.8 Å². The standard InChI is InChI=1S/C12H12F3NO5/c1-20-5-8(11(18)19)16-10(17)7-3-2-6(13)4-9(7)21-12(14)15/h2-4,8,12H,5H2,1H3,(H,16,17)(H,18,19). The molecule has 1 rings (SSSR count). The summed E-state index contributed by atoms with van der Waals surface area (Å²) in [7, 11) is 1.23. The van der Waals surface area contributed by atoms with Crippen LogP contribution < -0.4 is 10.1 Å². The van der Waals surface area contributed by atoms with Gasteiger partial charge in [-0.1, -0.05) is 0 Å². The molecule has 0 bridgehead atoms. The van der Waals surface area contributed by atoms with Gasteiger partial charge in [0.25, 0.3) is 5.91 Å². The summed E-state index contributed by atoms with van der Waals surface area (Å²) in [6, 6.07) is 0.993. The van der Waals surface area contributed by atoms with E-state index in [4.69, 9.17) is 5.11 Å². The fraction of sp³-hybridized carbons (Fsp3) is 0.333. The van der Waals surface area contributed by atoms with E-state index < -0.39 is 41.7 Å². The van der Waals surface area contributed by atoms with Gasteiger partial charge in [0.1, 0.15) is 11.6 Å². The van der Waals surface area contributed by atoms with Crippen molar-refractivity contribution in [2.24, 2.45) is 0 Å². The third-order valence-electron chi connectivity index (χ3n) is 2.34.